The summed E-state index contributed by atoms with van der Waals surface area (Å²) < 4.78 is 33.4. The molecule has 0 bridgehead atoms. The number of likely N-dealkylation sites (tertiary alicyclic amines) is 1. The second kappa shape index (κ2) is 8.23. The minimum absolute atomic E-state index is 0.0451. The molecule has 0 aromatic heterocycles. The molecule has 0 spiro atoms. The first-order valence-corrected chi connectivity index (χ1v) is 9.10. The van der Waals surface area contributed by atoms with Gasteiger partial charge >= 0.3 is 0 Å². The fourth-order valence-electron chi connectivity index (χ4n) is 3.16. The zero-order valence-electron chi connectivity index (χ0n) is 14.6. The van der Waals surface area contributed by atoms with Crippen molar-refractivity contribution in [2.45, 2.75) is 24.9 Å². The summed E-state index contributed by atoms with van der Waals surface area (Å²) >= 11 is 5.92. The molecule has 0 saturated carbocycles. The fourth-order valence-corrected chi connectivity index (χ4v) is 3.34. The summed E-state index contributed by atoms with van der Waals surface area (Å²) in [6.07, 6.45) is 1.16. The van der Waals surface area contributed by atoms with Crippen molar-refractivity contribution in [3.63, 3.8) is 0 Å². The number of hydrogen-bond donors (Lipinski definition) is 1. The van der Waals surface area contributed by atoms with Crippen molar-refractivity contribution in [2.24, 2.45) is 0 Å². The van der Waals surface area contributed by atoms with E-state index in [0.717, 1.165) is 12.1 Å². The molecule has 27 heavy (non-hydrogen) atoms. The SMILES string of the molecule is O=C(c1c(F)cccc1F)N1CCCC(O)(COc2cccc(Cl)c2)CC1. The van der Waals surface area contributed by atoms with Crippen molar-refractivity contribution < 1.29 is 23.4 Å². The Kier molecular flexibility index (Phi) is 5.97. The lowest BCUT2D eigenvalue weighted by atomic mass is 9.96. The van der Waals surface area contributed by atoms with Crippen LogP contribution in [0.3, 0.4) is 0 Å². The first-order chi connectivity index (χ1) is 12.9. The van der Waals surface area contributed by atoms with Crippen molar-refractivity contribution in [3.05, 3.63) is 64.7 Å². The Bertz CT molecular complexity index is 812. The summed E-state index contributed by atoms with van der Waals surface area (Å²) in [6.45, 7) is 0.539. The lowest BCUT2D eigenvalue weighted by Crippen LogP contribution is -2.38. The van der Waals surface area contributed by atoms with Gasteiger partial charge in [-0.25, -0.2) is 8.78 Å². The van der Waals surface area contributed by atoms with Crippen molar-refractivity contribution >= 4 is 17.5 Å². The molecule has 2 aromatic carbocycles. The van der Waals surface area contributed by atoms with E-state index in [1.807, 2.05) is 0 Å². The first kappa shape index (κ1) is 19.6. The third-order valence-electron chi connectivity index (χ3n) is 4.68. The van der Waals surface area contributed by atoms with Crippen molar-refractivity contribution in [1.82, 2.24) is 4.90 Å². The average molecular weight is 396 g/mol. The minimum Gasteiger partial charge on any atom is -0.491 e. The highest BCUT2D eigenvalue weighted by molar-refractivity contribution is 6.30. The third kappa shape index (κ3) is 4.76. The van der Waals surface area contributed by atoms with Crippen LogP contribution >= 0.6 is 11.6 Å². The quantitative estimate of drug-likeness (QED) is 0.849. The van der Waals surface area contributed by atoms with Gasteiger partial charge in [0.2, 0.25) is 0 Å². The summed E-state index contributed by atoms with van der Waals surface area (Å²) in [7, 11) is 0. The van der Waals surface area contributed by atoms with Gasteiger partial charge in [-0.3, -0.25) is 4.79 Å². The van der Waals surface area contributed by atoms with Crippen LogP contribution in [0, 0.1) is 11.6 Å². The van der Waals surface area contributed by atoms with Crippen LogP contribution in [0.1, 0.15) is 29.6 Å². The maximum Gasteiger partial charge on any atom is 0.259 e. The summed E-state index contributed by atoms with van der Waals surface area (Å²) in [6, 6.07) is 10.2. The van der Waals surface area contributed by atoms with Crippen LogP contribution in [0.15, 0.2) is 42.5 Å². The highest BCUT2D eigenvalue weighted by atomic mass is 35.5. The number of hydrogen-bond acceptors (Lipinski definition) is 3. The van der Waals surface area contributed by atoms with Crippen LogP contribution in [0.25, 0.3) is 0 Å². The number of carbonyl (C=O) groups excluding carboxylic acids is 1. The van der Waals surface area contributed by atoms with E-state index < -0.39 is 28.7 Å². The number of ether oxygens (including phenoxy) is 1. The normalized spacial score (nSPS) is 20.2. The number of nitrogens with zero attached hydrogens (tertiary/aromatic N) is 1. The Morgan fingerprint density at radius 2 is 1.85 bits per heavy atom. The number of aliphatic hydroxyl groups is 1. The number of benzene rings is 2. The van der Waals surface area contributed by atoms with Crippen LogP contribution in [-0.2, 0) is 0 Å². The molecule has 1 atom stereocenters. The van der Waals surface area contributed by atoms with Crippen LogP contribution < -0.4 is 4.74 Å². The van der Waals surface area contributed by atoms with Gasteiger partial charge in [0, 0.05) is 18.1 Å². The van der Waals surface area contributed by atoms with Crippen LogP contribution in [0.5, 0.6) is 5.75 Å². The summed E-state index contributed by atoms with van der Waals surface area (Å²) in [5.74, 6) is -1.93. The lowest BCUT2D eigenvalue weighted by molar-refractivity contribution is -0.0163. The monoisotopic (exact) mass is 395 g/mol. The Balaban J connectivity index is 1.65. The van der Waals surface area contributed by atoms with Crippen LogP contribution in [0.2, 0.25) is 5.02 Å². The Hall–Kier alpha value is -2.18. The lowest BCUT2D eigenvalue weighted by Gasteiger charge is -2.27. The van der Waals surface area contributed by atoms with Crippen molar-refractivity contribution in [3.8, 4) is 5.75 Å². The van der Waals surface area contributed by atoms with E-state index >= 15 is 0 Å². The second-order valence-electron chi connectivity index (χ2n) is 6.71. The summed E-state index contributed by atoms with van der Waals surface area (Å²) in [5, 5.41) is 11.3. The largest absolute Gasteiger partial charge is 0.491 e. The Morgan fingerprint density at radius 1 is 1.15 bits per heavy atom. The summed E-state index contributed by atoms with van der Waals surface area (Å²) in [4.78, 5) is 13.9. The highest BCUT2D eigenvalue weighted by Gasteiger charge is 2.33. The molecule has 3 rings (SSSR count). The molecular formula is C20H20ClF2NO3. The standard InChI is InChI=1S/C20H20ClF2NO3/c21-14-4-1-5-15(12-14)27-13-20(26)8-3-10-24(11-9-20)19(25)18-16(22)6-2-7-17(18)23/h1-2,4-7,12,26H,3,8-11,13H2. The molecule has 1 aliphatic heterocycles. The molecule has 1 N–H and O–H groups in total. The maximum absolute atomic E-state index is 13.9. The van der Waals surface area contributed by atoms with Gasteiger partial charge in [-0.2, -0.15) is 0 Å². The van der Waals surface area contributed by atoms with Gasteiger partial charge in [0.15, 0.2) is 0 Å². The van der Waals surface area contributed by atoms with E-state index in [1.165, 1.54) is 11.0 Å². The van der Waals surface area contributed by atoms with Gasteiger partial charge in [0.25, 0.3) is 5.91 Å². The molecule has 1 aliphatic rings. The Morgan fingerprint density at radius 3 is 2.56 bits per heavy atom. The van der Waals surface area contributed by atoms with Gasteiger partial charge in [-0.15, -0.1) is 0 Å². The smallest absolute Gasteiger partial charge is 0.259 e. The average Bonchev–Trinajstić information content (AvgIpc) is 2.82. The van der Waals surface area contributed by atoms with E-state index in [9.17, 15) is 18.7 Å². The molecule has 0 aliphatic carbocycles. The fraction of sp³-hybridized carbons (Fsp3) is 0.350. The number of amides is 1. The number of halogens is 3. The molecule has 1 fully saturated rings. The van der Waals surface area contributed by atoms with Crippen molar-refractivity contribution in [1.29, 1.82) is 0 Å². The van der Waals surface area contributed by atoms with Crippen LogP contribution in [0.4, 0.5) is 8.78 Å². The van der Waals surface area contributed by atoms with Gasteiger partial charge in [0.05, 0.1) is 0 Å². The molecule has 1 saturated heterocycles. The Labute approximate surface area is 161 Å². The van der Waals surface area contributed by atoms with Gasteiger partial charge in [-0.1, -0.05) is 23.7 Å². The van der Waals surface area contributed by atoms with Crippen molar-refractivity contribution in [2.75, 3.05) is 19.7 Å². The molecule has 144 valence electrons. The van der Waals surface area contributed by atoms with E-state index in [0.29, 0.717) is 30.2 Å². The minimum atomic E-state index is -1.13. The maximum atomic E-state index is 13.9. The van der Waals surface area contributed by atoms with E-state index in [1.54, 1.807) is 24.3 Å². The summed E-state index contributed by atoms with van der Waals surface area (Å²) in [5.41, 5.74) is -1.69. The molecule has 1 heterocycles. The molecule has 0 radical (unpaired) electrons. The zero-order chi connectivity index (χ0) is 19.4. The zero-order valence-corrected chi connectivity index (χ0v) is 15.4. The molecule has 1 unspecified atom stereocenters. The first-order valence-electron chi connectivity index (χ1n) is 8.72. The van der Waals surface area contributed by atoms with E-state index in [-0.39, 0.29) is 19.6 Å². The molecular weight excluding hydrogens is 376 g/mol. The van der Waals surface area contributed by atoms with Gasteiger partial charge < -0.3 is 14.7 Å². The highest BCUT2D eigenvalue weighted by Crippen LogP contribution is 2.26. The third-order valence-corrected chi connectivity index (χ3v) is 4.92. The molecule has 1 amide bonds. The topological polar surface area (TPSA) is 49.8 Å². The molecule has 4 nitrogen and oxygen atoms in total. The van der Waals surface area contributed by atoms with E-state index in [2.05, 4.69) is 0 Å². The molecule has 7 heteroatoms. The van der Waals surface area contributed by atoms with Gasteiger partial charge in [0.1, 0.15) is 35.2 Å². The predicted octanol–water partition coefficient (Wildman–Crippen LogP) is 4.05. The van der Waals surface area contributed by atoms with Crippen LogP contribution in [-0.4, -0.2) is 41.2 Å². The van der Waals surface area contributed by atoms with Gasteiger partial charge in [-0.05, 0) is 49.6 Å². The number of carbonyl (C=O) groups is 1. The van der Waals surface area contributed by atoms with E-state index in [4.69, 9.17) is 16.3 Å². The second-order valence-corrected chi connectivity index (χ2v) is 7.15. The molecule has 2 aromatic rings. The number of rotatable bonds is 4. The predicted molar refractivity (Wildman–Crippen MR) is 98.0 cm³/mol.